The largest absolute Gasteiger partial charge is 0.397 e. The number of benzene rings is 1. The molecule has 0 aliphatic carbocycles. The number of rotatable bonds is 6. The Bertz CT molecular complexity index is 1610. The number of pyridine rings is 3. The lowest BCUT2D eigenvalue weighted by atomic mass is 9.93. The molecule has 5 rings (SSSR count). The molecule has 0 radical (unpaired) electrons. The zero-order chi connectivity index (χ0) is 26.2. The Morgan fingerprint density at radius 2 is 1.86 bits per heavy atom. The molecule has 0 spiro atoms. The molecule has 4 aromatic heterocycles. The first-order valence-corrected chi connectivity index (χ1v) is 12.4. The van der Waals surface area contributed by atoms with Gasteiger partial charge in [0, 0.05) is 46.6 Å². The Morgan fingerprint density at radius 3 is 2.65 bits per heavy atom. The van der Waals surface area contributed by atoms with Crippen LogP contribution >= 0.6 is 0 Å². The molecule has 0 aliphatic heterocycles. The summed E-state index contributed by atoms with van der Waals surface area (Å²) in [6.45, 7) is 12.6. The minimum atomic E-state index is -0.0593. The highest BCUT2D eigenvalue weighted by Crippen LogP contribution is 2.31. The number of hydrogen-bond acceptors (Lipinski definition) is 5. The number of aromatic nitrogens is 4. The summed E-state index contributed by atoms with van der Waals surface area (Å²) in [4.78, 5) is 17.4. The SMILES string of the molecule is C=C(Nc1cncc(-c2ccc(N)c(Cc3cc4c(-c5cccc(C)c5)ccnc4[nH]3)n2)c1)C(C)(C)C. The van der Waals surface area contributed by atoms with E-state index < -0.39 is 0 Å². The van der Waals surface area contributed by atoms with Crippen molar-refractivity contribution in [2.24, 2.45) is 5.41 Å². The van der Waals surface area contributed by atoms with Gasteiger partial charge in [0.1, 0.15) is 5.65 Å². The third-order valence-corrected chi connectivity index (χ3v) is 6.52. The highest BCUT2D eigenvalue weighted by atomic mass is 14.9. The van der Waals surface area contributed by atoms with Crippen LogP contribution in [0.1, 0.15) is 37.7 Å². The number of anilines is 2. The molecule has 5 aromatic rings. The van der Waals surface area contributed by atoms with Gasteiger partial charge in [0.2, 0.25) is 0 Å². The Balaban J connectivity index is 1.45. The molecule has 0 amide bonds. The number of aryl methyl sites for hydroxylation is 1. The number of allylic oxidation sites excluding steroid dienone is 1. The van der Waals surface area contributed by atoms with E-state index in [4.69, 9.17) is 10.7 Å². The summed E-state index contributed by atoms with van der Waals surface area (Å²) in [6.07, 6.45) is 6.02. The fraction of sp³-hybridized carbons (Fsp3) is 0.194. The Kier molecular flexibility index (Phi) is 6.25. The molecule has 4 heterocycles. The number of fused-ring (bicyclic) bond motifs is 1. The highest BCUT2D eigenvalue weighted by Gasteiger charge is 2.16. The van der Waals surface area contributed by atoms with E-state index in [1.54, 1.807) is 6.20 Å². The van der Waals surface area contributed by atoms with Gasteiger partial charge in [-0.1, -0.05) is 57.2 Å². The smallest absolute Gasteiger partial charge is 0.138 e. The molecule has 1 aromatic carbocycles. The Hall–Kier alpha value is -4.45. The molecule has 0 aliphatic rings. The quantitative estimate of drug-likeness (QED) is 0.236. The van der Waals surface area contributed by atoms with Gasteiger partial charge in [0.25, 0.3) is 0 Å². The van der Waals surface area contributed by atoms with Gasteiger partial charge >= 0.3 is 0 Å². The van der Waals surface area contributed by atoms with Gasteiger partial charge in [-0.3, -0.25) is 9.97 Å². The summed E-state index contributed by atoms with van der Waals surface area (Å²) in [5.41, 5.74) is 16.7. The average molecular weight is 489 g/mol. The zero-order valence-electron chi connectivity index (χ0n) is 21.8. The molecular weight excluding hydrogens is 456 g/mol. The molecule has 6 heteroatoms. The van der Waals surface area contributed by atoms with Crippen molar-refractivity contribution in [2.45, 2.75) is 34.1 Å². The van der Waals surface area contributed by atoms with E-state index in [9.17, 15) is 0 Å². The molecule has 0 saturated carbocycles. The Morgan fingerprint density at radius 1 is 1.03 bits per heavy atom. The van der Waals surface area contributed by atoms with E-state index >= 15 is 0 Å². The van der Waals surface area contributed by atoms with Crippen molar-refractivity contribution < 1.29 is 0 Å². The summed E-state index contributed by atoms with van der Waals surface area (Å²) >= 11 is 0. The topological polar surface area (TPSA) is 92.5 Å². The molecule has 0 bridgehead atoms. The lowest BCUT2D eigenvalue weighted by molar-refractivity contribution is 0.509. The third kappa shape index (κ3) is 5.23. The van der Waals surface area contributed by atoms with Crippen LogP contribution in [0, 0.1) is 12.3 Å². The highest BCUT2D eigenvalue weighted by molar-refractivity contribution is 5.93. The van der Waals surface area contributed by atoms with Crippen molar-refractivity contribution in [1.29, 1.82) is 0 Å². The lowest BCUT2D eigenvalue weighted by Crippen LogP contribution is -2.15. The van der Waals surface area contributed by atoms with E-state index in [2.05, 4.69) is 90.9 Å². The zero-order valence-corrected chi connectivity index (χ0v) is 21.8. The van der Waals surface area contributed by atoms with Crippen LogP contribution in [0.4, 0.5) is 11.4 Å². The van der Waals surface area contributed by atoms with Crippen LogP contribution in [0.2, 0.25) is 0 Å². The number of nitrogens with one attached hydrogen (secondary N) is 2. The summed E-state index contributed by atoms with van der Waals surface area (Å²) in [7, 11) is 0. The fourth-order valence-electron chi connectivity index (χ4n) is 4.25. The molecule has 186 valence electrons. The molecule has 0 saturated heterocycles. The monoisotopic (exact) mass is 488 g/mol. The first-order chi connectivity index (χ1) is 17.7. The number of nitrogens with two attached hydrogens (primary N) is 1. The van der Waals surface area contributed by atoms with E-state index in [0.717, 1.165) is 50.6 Å². The summed E-state index contributed by atoms with van der Waals surface area (Å²) < 4.78 is 0. The number of nitrogen functional groups attached to an aromatic ring is 1. The maximum absolute atomic E-state index is 6.36. The maximum Gasteiger partial charge on any atom is 0.138 e. The van der Waals surface area contributed by atoms with Crippen molar-refractivity contribution in [1.82, 2.24) is 19.9 Å². The first-order valence-electron chi connectivity index (χ1n) is 12.4. The van der Waals surface area contributed by atoms with Crippen LogP contribution in [0.3, 0.4) is 0 Å². The van der Waals surface area contributed by atoms with Gasteiger partial charge in [0.15, 0.2) is 0 Å². The van der Waals surface area contributed by atoms with E-state index in [0.29, 0.717) is 12.1 Å². The molecule has 0 atom stereocenters. The molecular formula is C31H32N6. The van der Waals surface area contributed by atoms with Gasteiger partial charge in [-0.15, -0.1) is 0 Å². The molecule has 6 nitrogen and oxygen atoms in total. The number of H-pyrrole nitrogens is 1. The second kappa shape index (κ2) is 9.54. The van der Waals surface area contributed by atoms with Crippen LogP contribution < -0.4 is 11.1 Å². The molecule has 4 N–H and O–H groups in total. The summed E-state index contributed by atoms with van der Waals surface area (Å²) in [5, 5.41) is 4.46. The van der Waals surface area contributed by atoms with Crippen LogP contribution in [0.25, 0.3) is 33.4 Å². The van der Waals surface area contributed by atoms with Crippen LogP contribution in [-0.4, -0.2) is 19.9 Å². The van der Waals surface area contributed by atoms with Crippen LogP contribution in [-0.2, 0) is 6.42 Å². The maximum atomic E-state index is 6.36. The third-order valence-electron chi connectivity index (χ3n) is 6.52. The van der Waals surface area contributed by atoms with Gasteiger partial charge in [-0.25, -0.2) is 4.98 Å². The van der Waals surface area contributed by atoms with Crippen LogP contribution in [0.15, 0.2) is 85.5 Å². The van der Waals surface area contributed by atoms with Gasteiger partial charge in [0.05, 0.1) is 29.0 Å². The molecule has 37 heavy (non-hydrogen) atoms. The molecule has 0 unspecified atom stereocenters. The minimum Gasteiger partial charge on any atom is -0.397 e. The lowest BCUT2D eigenvalue weighted by Gasteiger charge is -2.23. The number of nitrogens with zero attached hydrogens (tertiary/aromatic N) is 3. The average Bonchev–Trinajstić information content (AvgIpc) is 3.27. The van der Waals surface area contributed by atoms with Crippen molar-refractivity contribution in [2.75, 3.05) is 11.1 Å². The summed E-state index contributed by atoms with van der Waals surface area (Å²) in [6, 6.07) is 18.6. The van der Waals surface area contributed by atoms with Crippen molar-refractivity contribution in [3.63, 3.8) is 0 Å². The number of aromatic amines is 1. The van der Waals surface area contributed by atoms with Gasteiger partial charge in [-0.2, -0.15) is 0 Å². The number of hydrogen-bond donors (Lipinski definition) is 3. The predicted molar refractivity (Wildman–Crippen MR) is 153 cm³/mol. The second-order valence-corrected chi connectivity index (χ2v) is 10.5. The molecule has 0 fully saturated rings. The Labute approximate surface area is 217 Å². The normalized spacial score (nSPS) is 11.6. The fourth-order valence-corrected chi connectivity index (χ4v) is 4.25. The predicted octanol–water partition coefficient (Wildman–Crippen LogP) is 7.14. The van der Waals surface area contributed by atoms with E-state index in [1.165, 1.54) is 11.1 Å². The first kappa shape index (κ1) is 24.3. The van der Waals surface area contributed by atoms with Crippen LogP contribution in [0.5, 0.6) is 0 Å². The van der Waals surface area contributed by atoms with E-state index in [-0.39, 0.29) is 5.41 Å². The standard InChI is InChI=1S/C31H32N6/c1-19-7-6-8-21(13-19)25-11-12-34-30-26(25)15-23(36-30)16-29-27(32)9-10-28(37-29)22-14-24(18-33-17-22)35-20(2)31(3,4)5/h6-15,17-18,35H,2,16,32H2,1,3-5H3,(H,34,36). The van der Waals surface area contributed by atoms with Crippen molar-refractivity contribution in [3.8, 4) is 22.4 Å². The van der Waals surface area contributed by atoms with Gasteiger partial charge in [-0.05, 0) is 48.4 Å². The van der Waals surface area contributed by atoms with Crippen molar-refractivity contribution >= 4 is 22.4 Å². The summed E-state index contributed by atoms with van der Waals surface area (Å²) in [5.74, 6) is 0. The second-order valence-electron chi connectivity index (χ2n) is 10.5. The minimum absolute atomic E-state index is 0.0593. The van der Waals surface area contributed by atoms with Gasteiger partial charge < -0.3 is 16.0 Å². The van der Waals surface area contributed by atoms with Crippen molar-refractivity contribution in [3.05, 3.63) is 102 Å². The van der Waals surface area contributed by atoms with E-state index in [1.807, 2.05) is 30.6 Å².